The van der Waals surface area contributed by atoms with Gasteiger partial charge in [-0.25, -0.2) is 14.5 Å². The maximum absolute atomic E-state index is 12.6. The minimum Gasteiger partial charge on any atom is -0.339 e. The summed E-state index contributed by atoms with van der Waals surface area (Å²) >= 11 is 0. The maximum Gasteiger partial charge on any atom is 0.350 e. The largest absolute Gasteiger partial charge is 0.350 e. The molecule has 1 fully saturated rings. The van der Waals surface area contributed by atoms with Gasteiger partial charge in [-0.05, 0) is 25.0 Å². The number of pyridine rings is 1. The average Bonchev–Trinajstić information content (AvgIpc) is 3.25. The Morgan fingerprint density at radius 1 is 1.29 bits per heavy atom. The van der Waals surface area contributed by atoms with Crippen molar-refractivity contribution in [3.8, 4) is 0 Å². The van der Waals surface area contributed by atoms with Crippen LogP contribution in [0.3, 0.4) is 0 Å². The van der Waals surface area contributed by atoms with Gasteiger partial charge in [-0.3, -0.25) is 9.20 Å². The summed E-state index contributed by atoms with van der Waals surface area (Å²) in [4.78, 5) is 30.8. The van der Waals surface area contributed by atoms with E-state index in [0.29, 0.717) is 18.7 Å². The third-order valence-corrected chi connectivity index (χ3v) is 4.47. The summed E-state index contributed by atoms with van der Waals surface area (Å²) < 4.78 is 4.72. The van der Waals surface area contributed by atoms with Crippen molar-refractivity contribution in [1.82, 2.24) is 28.6 Å². The zero-order valence-corrected chi connectivity index (χ0v) is 13.2. The van der Waals surface area contributed by atoms with Gasteiger partial charge in [-0.1, -0.05) is 6.07 Å². The number of carbonyl (C=O) groups is 1. The molecular weight excluding hydrogens is 308 g/mol. The number of amides is 1. The topological polar surface area (TPSA) is 77.4 Å². The molecule has 124 valence electrons. The number of likely N-dealkylation sites (tertiary alicyclic amines) is 1. The summed E-state index contributed by atoms with van der Waals surface area (Å²) in [5.74, 6) is -0.0784. The van der Waals surface area contributed by atoms with Crippen LogP contribution < -0.4 is 5.69 Å². The van der Waals surface area contributed by atoms with Crippen molar-refractivity contribution in [3.63, 3.8) is 0 Å². The number of nitrogens with zero attached hydrogens (tertiary/aromatic N) is 6. The highest BCUT2D eigenvalue weighted by molar-refractivity contribution is 5.76. The molecule has 1 aliphatic heterocycles. The van der Waals surface area contributed by atoms with Crippen LogP contribution in [-0.4, -0.2) is 47.6 Å². The second-order valence-corrected chi connectivity index (χ2v) is 6.01. The Labute approximate surface area is 137 Å². The number of carbonyl (C=O) groups excluding carboxylic acids is 1. The first-order chi connectivity index (χ1) is 11.7. The molecule has 1 atom stereocenters. The third-order valence-electron chi connectivity index (χ3n) is 4.47. The molecule has 0 bridgehead atoms. The molecule has 0 N–H and O–H groups in total. The van der Waals surface area contributed by atoms with Crippen LogP contribution in [0.15, 0.2) is 47.9 Å². The second-order valence-electron chi connectivity index (χ2n) is 6.01. The molecule has 0 aromatic carbocycles. The smallest absolute Gasteiger partial charge is 0.339 e. The van der Waals surface area contributed by atoms with Gasteiger partial charge in [0.05, 0.1) is 12.4 Å². The van der Waals surface area contributed by atoms with E-state index in [2.05, 4.69) is 10.1 Å². The van der Waals surface area contributed by atoms with Crippen LogP contribution in [0.5, 0.6) is 0 Å². The van der Waals surface area contributed by atoms with Gasteiger partial charge in [0.15, 0.2) is 5.65 Å². The van der Waals surface area contributed by atoms with Crippen molar-refractivity contribution in [1.29, 1.82) is 0 Å². The van der Waals surface area contributed by atoms with Crippen LogP contribution in [-0.2, 0) is 11.3 Å². The van der Waals surface area contributed by atoms with Crippen molar-refractivity contribution in [2.45, 2.75) is 25.4 Å². The minimum atomic E-state index is -0.290. The molecule has 0 radical (unpaired) electrons. The molecule has 3 aromatic heterocycles. The van der Waals surface area contributed by atoms with Crippen LogP contribution in [0.25, 0.3) is 5.65 Å². The Bertz CT molecular complexity index is 910. The summed E-state index contributed by atoms with van der Waals surface area (Å²) in [6, 6.07) is 5.57. The zero-order valence-electron chi connectivity index (χ0n) is 13.2. The fourth-order valence-corrected chi connectivity index (χ4v) is 3.21. The Hall–Kier alpha value is -2.90. The Morgan fingerprint density at radius 3 is 3.00 bits per heavy atom. The molecule has 0 aliphatic carbocycles. The Balaban J connectivity index is 1.51. The molecule has 3 aromatic rings. The molecule has 4 rings (SSSR count). The monoisotopic (exact) mass is 326 g/mol. The maximum atomic E-state index is 12.6. The van der Waals surface area contributed by atoms with E-state index in [1.807, 2.05) is 21.7 Å². The lowest BCUT2D eigenvalue weighted by molar-refractivity contribution is -0.133. The summed E-state index contributed by atoms with van der Waals surface area (Å²) in [5, 5.41) is 4.22. The van der Waals surface area contributed by atoms with E-state index in [-0.39, 0.29) is 24.2 Å². The number of hydrogen-bond donors (Lipinski definition) is 0. The van der Waals surface area contributed by atoms with Crippen LogP contribution in [0.4, 0.5) is 0 Å². The van der Waals surface area contributed by atoms with E-state index in [0.717, 1.165) is 12.8 Å². The number of hydrogen-bond acceptors (Lipinski definition) is 4. The van der Waals surface area contributed by atoms with E-state index >= 15 is 0 Å². The number of aromatic nitrogens is 5. The van der Waals surface area contributed by atoms with Crippen molar-refractivity contribution in [3.05, 3.63) is 53.6 Å². The Kier molecular flexibility index (Phi) is 3.64. The second kappa shape index (κ2) is 5.95. The van der Waals surface area contributed by atoms with Gasteiger partial charge in [0.25, 0.3) is 0 Å². The number of rotatable bonds is 3. The van der Waals surface area contributed by atoms with Crippen molar-refractivity contribution in [2.24, 2.45) is 0 Å². The fourth-order valence-electron chi connectivity index (χ4n) is 3.21. The van der Waals surface area contributed by atoms with E-state index in [1.54, 1.807) is 30.9 Å². The molecular formula is C16H18N6O2. The van der Waals surface area contributed by atoms with Crippen molar-refractivity contribution < 1.29 is 4.79 Å². The zero-order chi connectivity index (χ0) is 16.5. The standard InChI is InChI=1S/C16H18N6O2/c23-15(11-22-16(24)21-8-2-1-5-14(21)18-22)19-7-3-4-13(10-19)20-9-6-17-12-20/h1-2,5-6,8-9,12-13H,3-4,7,10-11H2/t13-/m0/s1. The van der Waals surface area contributed by atoms with Crippen molar-refractivity contribution in [2.75, 3.05) is 13.1 Å². The van der Waals surface area contributed by atoms with Gasteiger partial charge in [0.1, 0.15) is 6.54 Å². The molecule has 1 aliphatic rings. The van der Waals surface area contributed by atoms with Gasteiger partial charge in [0.2, 0.25) is 5.91 Å². The highest BCUT2D eigenvalue weighted by atomic mass is 16.2. The summed E-state index contributed by atoms with van der Waals surface area (Å²) in [5.41, 5.74) is 0.257. The van der Waals surface area contributed by atoms with E-state index in [9.17, 15) is 9.59 Å². The van der Waals surface area contributed by atoms with E-state index < -0.39 is 0 Å². The lowest BCUT2D eigenvalue weighted by Gasteiger charge is -2.33. The Morgan fingerprint density at radius 2 is 2.21 bits per heavy atom. The molecule has 24 heavy (non-hydrogen) atoms. The van der Waals surface area contributed by atoms with Gasteiger partial charge in [-0.15, -0.1) is 5.10 Å². The normalized spacial score (nSPS) is 18.2. The summed E-state index contributed by atoms with van der Waals surface area (Å²) in [7, 11) is 0. The first-order valence-corrected chi connectivity index (χ1v) is 8.02. The van der Waals surface area contributed by atoms with E-state index in [4.69, 9.17) is 0 Å². The lowest BCUT2D eigenvalue weighted by atomic mass is 10.1. The number of imidazole rings is 1. The summed E-state index contributed by atoms with van der Waals surface area (Å²) in [6.07, 6.45) is 9.07. The molecule has 8 heteroatoms. The molecule has 4 heterocycles. The van der Waals surface area contributed by atoms with Crippen LogP contribution in [0, 0.1) is 0 Å². The van der Waals surface area contributed by atoms with Gasteiger partial charge < -0.3 is 9.47 Å². The predicted octanol–water partition coefficient (Wildman–Crippen LogP) is 0.556. The van der Waals surface area contributed by atoms with Gasteiger partial charge >= 0.3 is 5.69 Å². The van der Waals surface area contributed by atoms with E-state index in [1.165, 1.54) is 9.08 Å². The SMILES string of the molecule is O=C(Cn1nc2ccccn2c1=O)N1CCC[C@H](n2ccnc2)C1. The molecule has 8 nitrogen and oxygen atoms in total. The minimum absolute atomic E-state index is 0.0306. The van der Waals surface area contributed by atoms with Crippen LogP contribution in [0.1, 0.15) is 18.9 Å². The average molecular weight is 326 g/mol. The highest BCUT2D eigenvalue weighted by Gasteiger charge is 2.25. The molecule has 1 saturated heterocycles. The van der Waals surface area contributed by atoms with Crippen molar-refractivity contribution >= 4 is 11.6 Å². The van der Waals surface area contributed by atoms with Gasteiger partial charge in [0, 0.05) is 31.7 Å². The van der Waals surface area contributed by atoms with Crippen LogP contribution in [0.2, 0.25) is 0 Å². The number of piperidine rings is 1. The lowest BCUT2D eigenvalue weighted by Crippen LogP contribution is -2.43. The van der Waals surface area contributed by atoms with Gasteiger partial charge in [-0.2, -0.15) is 0 Å². The fraction of sp³-hybridized carbons (Fsp3) is 0.375. The molecule has 0 unspecified atom stereocenters. The highest BCUT2D eigenvalue weighted by Crippen LogP contribution is 2.21. The molecule has 0 saturated carbocycles. The molecule has 0 spiro atoms. The quantitative estimate of drug-likeness (QED) is 0.704. The number of fused-ring (bicyclic) bond motifs is 1. The predicted molar refractivity (Wildman–Crippen MR) is 86.5 cm³/mol. The molecule has 1 amide bonds. The third kappa shape index (κ3) is 2.60. The first-order valence-electron chi connectivity index (χ1n) is 8.02. The summed E-state index contributed by atoms with van der Waals surface area (Å²) in [6.45, 7) is 1.32. The van der Waals surface area contributed by atoms with Crippen LogP contribution >= 0.6 is 0 Å². The first kappa shape index (κ1) is 14.7.